The van der Waals surface area contributed by atoms with Gasteiger partial charge in [-0.2, -0.15) is 13.2 Å². The van der Waals surface area contributed by atoms with Crippen molar-refractivity contribution in [3.63, 3.8) is 0 Å². The molecule has 0 fully saturated rings. The van der Waals surface area contributed by atoms with E-state index in [2.05, 4.69) is 0 Å². The lowest BCUT2D eigenvalue weighted by molar-refractivity contribution is -0.137. The number of alkyl halides is 3. The van der Waals surface area contributed by atoms with E-state index in [4.69, 9.17) is 22.7 Å². The number of anilines is 1. The van der Waals surface area contributed by atoms with Gasteiger partial charge in [0.15, 0.2) is 0 Å². The smallest absolute Gasteiger partial charge is 0.398 e. The first-order valence-electron chi connectivity index (χ1n) is 3.64. The fourth-order valence-electron chi connectivity index (χ4n) is 1.03. The van der Waals surface area contributed by atoms with E-state index in [9.17, 15) is 17.6 Å². The number of hydrogen-bond acceptors (Lipinski definition) is 2. The van der Waals surface area contributed by atoms with Crippen LogP contribution in [0.15, 0.2) is 12.1 Å². The lowest BCUT2D eigenvalue weighted by Gasteiger charge is -2.12. The van der Waals surface area contributed by atoms with Crippen LogP contribution in [-0.2, 0) is 6.18 Å². The van der Waals surface area contributed by atoms with Crippen molar-refractivity contribution >= 4 is 22.5 Å². The number of halogens is 5. The minimum absolute atomic E-state index is 0.263. The molecule has 0 aliphatic rings. The maximum absolute atomic E-state index is 12.8. The van der Waals surface area contributed by atoms with Crippen LogP contribution in [-0.4, -0.2) is 5.17 Å². The summed E-state index contributed by atoms with van der Waals surface area (Å²) in [6.45, 7) is 0. The fourth-order valence-corrected chi connectivity index (χ4v) is 1.19. The normalized spacial score (nSPS) is 11.5. The summed E-state index contributed by atoms with van der Waals surface area (Å²) in [6.07, 6.45) is -4.77. The van der Waals surface area contributed by atoms with E-state index >= 15 is 0 Å². The van der Waals surface area contributed by atoms with Crippen molar-refractivity contribution in [2.75, 3.05) is 5.73 Å². The maximum Gasteiger partial charge on any atom is 0.418 e. The van der Waals surface area contributed by atoms with Crippen molar-refractivity contribution in [2.24, 2.45) is 0 Å². The maximum atomic E-state index is 12.8. The molecule has 7 heteroatoms. The third-order valence-corrected chi connectivity index (χ3v) is 1.89. The van der Waals surface area contributed by atoms with Gasteiger partial charge < -0.3 is 5.73 Å². The van der Waals surface area contributed by atoms with Gasteiger partial charge in [0.25, 0.3) is 0 Å². The van der Waals surface area contributed by atoms with Crippen molar-refractivity contribution in [3.8, 4) is 0 Å². The molecule has 0 amide bonds. The largest absolute Gasteiger partial charge is 0.418 e. The SMILES string of the molecule is N=C(Cl)c1cc(F)cc(C(F)(F)F)c1N. The zero-order valence-corrected chi connectivity index (χ0v) is 7.88. The Labute approximate surface area is 87.2 Å². The van der Waals surface area contributed by atoms with Crippen LogP contribution in [0.4, 0.5) is 23.2 Å². The number of benzene rings is 1. The van der Waals surface area contributed by atoms with E-state index in [0.717, 1.165) is 0 Å². The van der Waals surface area contributed by atoms with Gasteiger partial charge in [-0.15, -0.1) is 0 Å². The molecule has 0 heterocycles. The predicted molar refractivity (Wildman–Crippen MR) is 48.5 cm³/mol. The molecule has 1 aromatic carbocycles. The fraction of sp³-hybridized carbons (Fsp3) is 0.125. The molecule has 1 aromatic rings. The summed E-state index contributed by atoms with van der Waals surface area (Å²) in [4.78, 5) is 0. The molecular formula is C8H5ClF4N2. The number of nitrogens with one attached hydrogen (secondary N) is 1. The third-order valence-electron chi connectivity index (χ3n) is 1.69. The van der Waals surface area contributed by atoms with Crippen LogP contribution in [0.2, 0.25) is 0 Å². The quantitative estimate of drug-likeness (QED) is 0.443. The zero-order chi connectivity index (χ0) is 11.8. The van der Waals surface area contributed by atoms with E-state index in [1.165, 1.54) is 0 Å². The molecule has 0 spiro atoms. The second kappa shape index (κ2) is 3.69. The van der Waals surface area contributed by atoms with Crippen LogP contribution in [0.25, 0.3) is 0 Å². The topological polar surface area (TPSA) is 49.9 Å². The molecule has 0 saturated carbocycles. The highest BCUT2D eigenvalue weighted by Gasteiger charge is 2.34. The average Bonchev–Trinajstić information content (AvgIpc) is 2.06. The van der Waals surface area contributed by atoms with Crippen molar-refractivity contribution in [3.05, 3.63) is 29.1 Å². The second-order valence-corrected chi connectivity index (χ2v) is 3.10. The molecule has 0 aromatic heterocycles. The molecule has 0 bridgehead atoms. The first kappa shape index (κ1) is 11.8. The number of nitrogen functional groups attached to an aromatic ring is 1. The van der Waals surface area contributed by atoms with Gasteiger partial charge in [0.05, 0.1) is 11.3 Å². The van der Waals surface area contributed by atoms with Crippen molar-refractivity contribution in [1.82, 2.24) is 0 Å². The Bertz CT molecular complexity index is 414. The number of rotatable bonds is 1. The Morgan fingerprint density at radius 3 is 2.27 bits per heavy atom. The van der Waals surface area contributed by atoms with Crippen LogP contribution in [0.5, 0.6) is 0 Å². The predicted octanol–water partition coefficient (Wildman–Crippen LogP) is 2.99. The molecule has 3 N–H and O–H groups in total. The first-order chi connectivity index (χ1) is 6.73. The molecule has 2 nitrogen and oxygen atoms in total. The highest BCUT2D eigenvalue weighted by molar-refractivity contribution is 6.69. The van der Waals surface area contributed by atoms with E-state index < -0.39 is 34.0 Å². The van der Waals surface area contributed by atoms with Crippen molar-refractivity contribution in [1.29, 1.82) is 5.41 Å². The van der Waals surface area contributed by atoms with Crippen LogP contribution in [0, 0.1) is 11.2 Å². The van der Waals surface area contributed by atoms with Gasteiger partial charge in [-0.05, 0) is 12.1 Å². The van der Waals surface area contributed by atoms with E-state index in [0.29, 0.717) is 6.07 Å². The molecule has 0 radical (unpaired) electrons. The van der Waals surface area contributed by atoms with E-state index in [1.807, 2.05) is 0 Å². The summed E-state index contributed by atoms with van der Waals surface area (Å²) in [5.74, 6) is -1.14. The van der Waals surface area contributed by atoms with Crippen LogP contribution in [0.1, 0.15) is 11.1 Å². The lowest BCUT2D eigenvalue weighted by Crippen LogP contribution is -2.12. The third kappa shape index (κ3) is 2.38. The van der Waals surface area contributed by atoms with E-state index in [1.54, 1.807) is 0 Å². The van der Waals surface area contributed by atoms with Crippen LogP contribution < -0.4 is 5.73 Å². The summed E-state index contributed by atoms with van der Waals surface area (Å²) in [5.41, 5.74) is 2.58. The highest BCUT2D eigenvalue weighted by Crippen LogP contribution is 2.36. The molecule has 0 aliphatic heterocycles. The van der Waals surface area contributed by atoms with Crippen molar-refractivity contribution < 1.29 is 17.6 Å². The number of nitrogens with two attached hydrogens (primary N) is 1. The Balaban J connectivity index is 3.49. The summed E-state index contributed by atoms with van der Waals surface area (Å²) in [5, 5.41) is 6.19. The standard InChI is InChI=1S/C8H5ClF4N2/c9-7(15)4-1-3(10)2-5(6(4)14)8(11,12)13/h1-2,15H,14H2. The summed E-state index contributed by atoms with van der Waals surface area (Å²) < 4.78 is 49.7. The molecule has 0 saturated heterocycles. The molecule has 0 aliphatic carbocycles. The minimum Gasteiger partial charge on any atom is -0.398 e. The Kier molecular flexibility index (Phi) is 2.90. The Hall–Kier alpha value is -1.30. The molecule has 15 heavy (non-hydrogen) atoms. The van der Waals surface area contributed by atoms with Gasteiger partial charge in [-0.25, -0.2) is 4.39 Å². The average molecular weight is 241 g/mol. The molecular weight excluding hydrogens is 236 g/mol. The molecule has 0 unspecified atom stereocenters. The van der Waals surface area contributed by atoms with Gasteiger partial charge in [0.1, 0.15) is 11.0 Å². The summed E-state index contributed by atoms with van der Waals surface area (Å²) >= 11 is 5.17. The second-order valence-electron chi connectivity index (χ2n) is 2.73. The van der Waals surface area contributed by atoms with Gasteiger partial charge in [0.2, 0.25) is 0 Å². The number of hydrogen-bond donors (Lipinski definition) is 2. The monoisotopic (exact) mass is 240 g/mol. The summed E-state index contributed by atoms with van der Waals surface area (Å²) in [7, 11) is 0. The van der Waals surface area contributed by atoms with Crippen molar-refractivity contribution in [2.45, 2.75) is 6.18 Å². The molecule has 0 atom stereocenters. The van der Waals surface area contributed by atoms with Gasteiger partial charge in [-0.1, -0.05) is 11.6 Å². The highest BCUT2D eigenvalue weighted by atomic mass is 35.5. The van der Waals surface area contributed by atoms with Gasteiger partial charge in [0, 0.05) is 5.56 Å². The van der Waals surface area contributed by atoms with E-state index in [-0.39, 0.29) is 6.07 Å². The minimum atomic E-state index is -4.77. The Morgan fingerprint density at radius 2 is 1.87 bits per heavy atom. The first-order valence-corrected chi connectivity index (χ1v) is 4.02. The molecule has 1 rings (SSSR count). The zero-order valence-electron chi connectivity index (χ0n) is 7.12. The lowest BCUT2D eigenvalue weighted by atomic mass is 10.1. The summed E-state index contributed by atoms with van der Waals surface area (Å²) in [6, 6.07) is 0.943. The van der Waals surface area contributed by atoms with Crippen LogP contribution >= 0.6 is 11.6 Å². The van der Waals surface area contributed by atoms with Crippen LogP contribution in [0.3, 0.4) is 0 Å². The Morgan fingerprint density at radius 1 is 1.33 bits per heavy atom. The van der Waals surface area contributed by atoms with Gasteiger partial charge >= 0.3 is 6.18 Å². The van der Waals surface area contributed by atoms with Gasteiger partial charge in [-0.3, -0.25) is 5.41 Å². The molecule has 82 valence electrons.